The van der Waals surface area contributed by atoms with E-state index in [0.29, 0.717) is 5.70 Å². The zero-order valence-electron chi connectivity index (χ0n) is 16.1. The van der Waals surface area contributed by atoms with Crippen LogP contribution in [0.1, 0.15) is 5.56 Å². The van der Waals surface area contributed by atoms with Crippen LogP contribution < -0.4 is 9.80 Å². The van der Waals surface area contributed by atoms with Crippen molar-refractivity contribution in [1.29, 1.82) is 0 Å². The quantitative estimate of drug-likeness (QED) is 0.416. The summed E-state index contributed by atoms with van der Waals surface area (Å²) in [5, 5.41) is 0.734. The smallest absolute Gasteiger partial charge is 0.283 e. The van der Waals surface area contributed by atoms with E-state index >= 15 is 0 Å². The molecule has 0 fully saturated rings. The molecule has 3 rings (SSSR count). The van der Waals surface area contributed by atoms with E-state index in [-0.39, 0.29) is 5.91 Å². The number of aliphatic imine (C=N–C) groups is 1. The van der Waals surface area contributed by atoms with Gasteiger partial charge in [0.1, 0.15) is 5.70 Å². The van der Waals surface area contributed by atoms with Gasteiger partial charge in [-0.3, -0.25) is 9.69 Å². The zero-order valence-corrected chi connectivity index (χ0v) is 19.3. The van der Waals surface area contributed by atoms with E-state index in [2.05, 4.69) is 27.2 Å². The van der Waals surface area contributed by atoms with E-state index in [0.717, 1.165) is 38.1 Å². The Hall–Kier alpha value is -1.70. The largest absolute Gasteiger partial charge is 0.378 e. The fraction of sp³-hybridized carbons (Fsp3) is 0.238. The van der Waals surface area contributed by atoms with Gasteiger partial charge in [0, 0.05) is 35.8 Å². The number of rotatable bonds is 6. The number of amides is 1. The number of carbonyl (C=O) groups excluding carboxylic acids is 1. The molecule has 0 bridgehead atoms. The lowest BCUT2D eigenvalue weighted by molar-refractivity contribution is -0.113. The number of halogens is 1. The summed E-state index contributed by atoms with van der Waals surface area (Å²) in [7, 11) is 4.01. The van der Waals surface area contributed by atoms with Gasteiger partial charge in [0.15, 0.2) is 5.17 Å². The minimum Gasteiger partial charge on any atom is -0.378 e. The van der Waals surface area contributed by atoms with E-state index in [1.54, 1.807) is 28.4 Å². The van der Waals surface area contributed by atoms with Crippen LogP contribution in [0.25, 0.3) is 6.08 Å². The lowest BCUT2D eigenvalue weighted by atomic mass is 10.1. The van der Waals surface area contributed by atoms with Crippen LogP contribution in [-0.2, 0) is 4.79 Å². The van der Waals surface area contributed by atoms with Crippen molar-refractivity contribution in [2.45, 2.75) is 0 Å². The molecule has 146 valence electrons. The maximum atomic E-state index is 13.1. The molecule has 0 aliphatic carbocycles. The molecule has 2 aromatic carbocycles. The number of amidine groups is 1. The molecule has 7 heteroatoms. The minimum absolute atomic E-state index is 0.0920. The fourth-order valence-corrected chi connectivity index (χ4v) is 4.58. The predicted molar refractivity (Wildman–Crippen MR) is 129 cm³/mol. The molecule has 2 aromatic rings. The molecule has 1 aliphatic rings. The topological polar surface area (TPSA) is 35.9 Å². The molecule has 0 saturated heterocycles. The first-order chi connectivity index (χ1) is 13.5. The number of nitrogens with zero attached hydrogens (tertiary/aromatic N) is 3. The van der Waals surface area contributed by atoms with Crippen molar-refractivity contribution < 1.29 is 4.79 Å². The van der Waals surface area contributed by atoms with E-state index in [1.807, 2.05) is 73.6 Å². The monoisotopic (exact) mass is 475 g/mol. The van der Waals surface area contributed by atoms with Crippen LogP contribution in [0.3, 0.4) is 0 Å². The van der Waals surface area contributed by atoms with Crippen LogP contribution in [-0.4, -0.2) is 42.9 Å². The highest BCUT2D eigenvalue weighted by molar-refractivity contribution is 9.10. The Morgan fingerprint density at radius 3 is 2.36 bits per heavy atom. The molecule has 0 unspecified atom stereocenters. The number of anilines is 2. The van der Waals surface area contributed by atoms with Gasteiger partial charge in [0.05, 0.1) is 5.69 Å². The van der Waals surface area contributed by atoms with Gasteiger partial charge in [-0.25, -0.2) is 4.99 Å². The number of hydrogen-bond acceptors (Lipinski definition) is 5. The highest BCUT2D eigenvalue weighted by Crippen LogP contribution is 2.30. The average Bonchev–Trinajstić information content (AvgIpc) is 2.98. The maximum Gasteiger partial charge on any atom is 0.283 e. The molecule has 0 N–H and O–H groups in total. The zero-order chi connectivity index (χ0) is 20.1. The van der Waals surface area contributed by atoms with E-state index in [1.165, 1.54) is 0 Å². The van der Waals surface area contributed by atoms with Crippen LogP contribution in [0.4, 0.5) is 11.4 Å². The summed E-state index contributed by atoms with van der Waals surface area (Å²) >= 11 is 6.85. The van der Waals surface area contributed by atoms with Gasteiger partial charge in [-0.05, 0) is 54.3 Å². The number of carbonyl (C=O) groups is 1. The summed E-state index contributed by atoms with van der Waals surface area (Å²) in [6.45, 7) is 0. The van der Waals surface area contributed by atoms with Gasteiger partial charge in [-0.15, -0.1) is 0 Å². The van der Waals surface area contributed by atoms with Gasteiger partial charge in [0.2, 0.25) is 0 Å². The molecular formula is C21H22BrN3OS2. The molecule has 1 aliphatic heterocycles. The highest BCUT2D eigenvalue weighted by atomic mass is 79.9. The summed E-state index contributed by atoms with van der Waals surface area (Å²) in [5.74, 6) is 1.83. The van der Waals surface area contributed by atoms with Crippen LogP contribution in [0.2, 0.25) is 0 Å². The summed E-state index contributed by atoms with van der Waals surface area (Å²) in [6, 6.07) is 15.8. The van der Waals surface area contributed by atoms with Crippen molar-refractivity contribution in [3.05, 3.63) is 64.3 Å². The molecule has 1 heterocycles. The Labute approximate surface area is 183 Å². The maximum absolute atomic E-state index is 13.1. The Kier molecular flexibility index (Phi) is 7.26. The Morgan fingerprint density at radius 1 is 1.07 bits per heavy atom. The molecule has 1 amide bonds. The van der Waals surface area contributed by atoms with Crippen molar-refractivity contribution in [2.75, 3.05) is 41.7 Å². The molecule has 0 atom stereocenters. The van der Waals surface area contributed by atoms with E-state index in [4.69, 9.17) is 0 Å². The van der Waals surface area contributed by atoms with Crippen molar-refractivity contribution in [1.82, 2.24) is 0 Å². The van der Waals surface area contributed by atoms with Crippen molar-refractivity contribution >= 4 is 68.0 Å². The molecule has 0 radical (unpaired) electrons. The van der Waals surface area contributed by atoms with Gasteiger partial charge >= 0.3 is 0 Å². The molecule has 28 heavy (non-hydrogen) atoms. The summed E-state index contributed by atoms with van der Waals surface area (Å²) in [6.07, 6.45) is 3.94. The molecular weight excluding hydrogens is 454 g/mol. The molecule has 0 aromatic heterocycles. The third kappa shape index (κ3) is 5.01. The highest BCUT2D eigenvalue weighted by Gasteiger charge is 2.31. The van der Waals surface area contributed by atoms with E-state index < -0.39 is 0 Å². The van der Waals surface area contributed by atoms with Crippen LogP contribution in [0, 0.1) is 0 Å². The van der Waals surface area contributed by atoms with Crippen molar-refractivity contribution in [2.24, 2.45) is 4.99 Å². The predicted octanol–water partition coefficient (Wildman–Crippen LogP) is 5.36. The Morgan fingerprint density at radius 2 is 1.75 bits per heavy atom. The lowest BCUT2D eigenvalue weighted by Crippen LogP contribution is -2.30. The van der Waals surface area contributed by atoms with Gasteiger partial charge < -0.3 is 4.90 Å². The second-order valence-electron chi connectivity index (χ2n) is 6.37. The fourth-order valence-electron chi connectivity index (χ4n) is 2.65. The van der Waals surface area contributed by atoms with Crippen LogP contribution in [0.15, 0.2) is 63.7 Å². The molecule has 0 spiro atoms. The first-order valence-corrected chi connectivity index (χ1v) is 12.0. The van der Waals surface area contributed by atoms with Crippen LogP contribution >= 0.6 is 39.5 Å². The lowest BCUT2D eigenvalue weighted by Gasteiger charge is -2.17. The molecule has 0 saturated carbocycles. The number of thioether (sulfide) groups is 2. The summed E-state index contributed by atoms with van der Waals surface area (Å²) in [5.41, 5.74) is 3.37. The standard InChI is InChI=1S/C21H22BrN3OS2/c1-24(2)17-8-4-15(5-9-17)14-19-20(26)25(18-10-6-16(22)7-11-18)21(23-19)28-13-12-27-3/h4-11,14H,12-13H2,1-3H3/b19-14+. The Balaban J connectivity index is 1.90. The normalized spacial score (nSPS) is 15.3. The third-order valence-electron chi connectivity index (χ3n) is 4.15. The van der Waals surface area contributed by atoms with Crippen molar-refractivity contribution in [3.63, 3.8) is 0 Å². The molecule has 4 nitrogen and oxygen atoms in total. The van der Waals surface area contributed by atoms with Crippen LogP contribution in [0.5, 0.6) is 0 Å². The summed E-state index contributed by atoms with van der Waals surface area (Å²) < 4.78 is 0.980. The van der Waals surface area contributed by atoms with Gasteiger partial charge in [0.25, 0.3) is 5.91 Å². The minimum atomic E-state index is -0.0920. The first-order valence-electron chi connectivity index (χ1n) is 8.79. The number of hydrogen-bond donors (Lipinski definition) is 0. The second-order valence-corrected chi connectivity index (χ2v) is 9.33. The SMILES string of the molecule is CSCCSC1=N/C(=C/c2ccc(N(C)C)cc2)C(=O)N1c1ccc(Br)cc1. The Bertz CT molecular complexity index is 893. The van der Waals surface area contributed by atoms with Gasteiger partial charge in [-0.1, -0.05) is 39.8 Å². The summed E-state index contributed by atoms with van der Waals surface area (Å²) in [4.78, 5) is 21.5. The number of benzene rings is 2. The second kappa shape index (κ2) is 9.67. The van der Waals surface area contributed by atoms with Gasteiger partial charge in [-0.2, -0.15) is 11.8 Å². The average molecular weight is 476 g/mol. The first kappa shape index (κ1) is 21.0. The van der Waals surface area contributed by atoms with Crippen molar-refractivity contribution in [3.8, 4) is 0 Å². The van der Waals surface area contributed by atoms with E-state index in [9.17, 15) is 4.79 Å². The third-order valence-corrected chi connectivity index (χ3v) is 6.49.